The Morgan fingerprint density at radius 1 is 1.29 bits per heavy atom. The van der Waals surface area contributed by atoms with Crippen LogP contribution in [0, 0.1) is 0 Å². The number of hydrogen-bond donors (Lipinski definition) is 4. The van der Waals surface area contributed by atoms with Crippen molar-refractivity contribution in [3.05, 3.63) is 24.3 Å². The Labute approximate surface area is 105 Å². The standard InChI is InChI=1S/C11H14N4OS/c12-10(17)13-8-2-1-3-9(6-8)15-11(16)14-7-4-5-7/h1-3,6-7H,4-5H2,(H3,12,13,17)(H2,14,15,16). The third-order valence-electron chi connectivity index (χ3n) is 2.30. The fraction of sp³-hybridized carbons (Fsp3) is 0.273. The summed E-state index contributed by atoms with van der Waals surface area (Å²) in [4.78, 5) is 11.5. The van der Waals surface area contributed by atoms with Crippen LogP contribution in [-0.4, -0.2) is 17.2 Å². The number of carbonyl (C=O) groups excluding carboxylic acids is 1. The van der Waals surface area contributed by atoms with Gasteiger partial charge < -0.3 is 21.7 Å². The summed E-state index contributed by atoms with van der Waals surface area (Å²) >= 11 is 4.74. The van der Waals surface area contributed by atoms with Crippen LogP contribution >= 0.6 is 12.2 Å². The number of nitrogens with two attached hydrogens (primary N) is 1. The number of benzene rings is 1. The normalized spacial score (nSPS) is 13.9. The van der Waals surface area contributed by atoms with Gasteiger partial charge in [0.05, 0.1) is 0 Å². The van der Waals surface area contributed by atoms with Gasteiger partial charge in [0.15, 0.2) is 5.11 Å². The number of carbonyl (C=O) groups is 1. The second-order valence-corrected chi connectivity index (χ2v) is 4.38. The highest BCUT2D eigenvalue weighted by atomic mass is 32.1. The maximum Gasteiger partial charge on any atom is 0.319 e. The SMILES string of the molecule is NC(=S)Nc1cccc(NC(=O)NC2CC2)c1. The lowest BCUT2D eigenvalue weighted by atomic mass is 10.3. The Hall–Kier alpha value is -1.82. The minimum Gasteiger partial charge on any atom is -0.376 e. The number of amides is 2. The van der Waals surface area contributed by atoms with E-state index in [1.807, 2.05) is 12.1 Å². The molecule has 0 atom stereocenters. The van der Waals surface area contributed by atoms with Crippen LogP contribution in [0.1, 0.15) is 12.8 Å². The third-order valence-corrected chi connectivity index (χ3v) is 2.40. The van der Waals surface area contributed by atoms with Crippen molar-refractivity contribution in [1.29, 1.82) is 0 Å². The van der Waals surface area contributed by atoms with E-state index in [1.54, 1.807) is 12.1 Å². The molecule has 5 nitrogen and oxygen atoms in total. The van der Waals surface area contributed by atoms with Crippen LogP contribution in [0.4, 0.5) is 16.2 Å². The molecule has 1 aliphatic carbocycles. The van der Waals surface area contributed by atoms with E-state index >= 15 is 0 Å². The van der Waals surface area contributed by atoms with Crippen LogP contribution < -0.4 is 21.7 Å². The topological polar surface area (TPSA) is 79.2 Å². The summed E-state index contributed by atoms with van der Waals surface area (Å²) in [5.74, 6) is 0. The van der Waals surface area contributed by atoms with Crippen LogP contribution in [0.2, 0.25) is 0 Å². The van der Waals surface area contributed by atoms with Gasteiger partial charge in [-0.25, -0.2) is 4.79 Å². The minimum absolute atomic E-state index is 0.181. The van der Waals surface area contributed by atoms with Gasteiger partial charge in [-0.2, -0.15) is 0 Å². The molecule has 0 saturated heterocycles. The fourth-order valence-electron chi connectivity index (χ4n) is 1.40. The van der Waals surface area contributed by atoms with Crippen LogP contribution in [0.25, 0.3) is 0 Å². The molecule has 90 valence electrons. The zero-order chi connectivity index (χ0) is 12.3. The molecular weight excluding hydrogens is 236 g/mol. The van der Waals surface area contributed by atoms with E-state index in [4.69, 9.17) is 18.0 Å². The molecule has 17 heavy (non-hydrogen) atoms. The Bertz CT molecular complexity index is 445. The summed E-state index contributed by atoms with van der Waals surface area (Å²) in [6.07, 6.45) is 2.13. The van der Waals surface area contributed by atoms with Crippen molar-refractivity contribution >= 4 is 34.7 Å². The second kappa shape index (κ2) is 5.01. The van der Waals surface area contributed by atoms with Gasteiger partial charge in [-0.1, -0.05) is 6.07 Å². The Kier molecular flexibility index (Phi) is 3.43. The molecule has 1 aliphatic rings. The van der Waals surface area contributed by atoms with Crippen molar-refractivity contribution in [2.45, 2.75) is 18.9 Å². The highest BCUT2D eigenvalue weighted by Crippen LogP contribution is 2.19. The first-order valence-corrected chi connectivity index (χ1v) is 5.78. The number of rotatable bonds is 3. The number of anilines is 2. The minimum atomic E-state index is -0.181. The summed E-state index contributed by atoms with van der Waals surface area (Å²) in [6.45, 7) is 0. The molecule has 0 bridgehead atoms. The molecule has 2 amide bonds. The van der Waals surface area contributed by atoms with Crippen molar-refractivity contribution in [3.63, 3.8) is 0 Å². The molecular formula is C11H14N4OS. The molecule has 0 aliphatic heterocycles. The van der Waals surface area contributed by atoms with E-state index in [9.17, 15) is 4.79 Å². The van der Waals surface area contributed by atoms with Crippen molar-refractivity contribution in [3.8, 4) is 0 Å². The van der Waals surface area contributed by atoms with E-state index in [0.717, 1.165) is 18.5 Å². The van der Waals surface area contributed by atoms with Crippen molar-refractivity contribution in [1.82, 2.24) is 5.32 Å². The summed E-state index contributed by atoms with van der Waals surface area (Å²) in [5, 5.41) is 8.60. The Morgan fingerprint density at radius 2 is 1.94 bits per heavy atom. The molecule has 0 heterocycles. The number of urea groups is 1. The van der Waals surface area contributed by atoms with E-state index in [1.165, 1.54) is 0 Å². The second-order valence-electron chi connectivity index (χ2n) is 3.94. The largest absolute Gasteiger partial charge is 0.376 e. The molecule has 6 heteroatoms. The first-order valence-electron chi connectivity index (χ1n) is 5.37. The van der Waals surface area contributed by atoms with E-state index in [0.29, 0.717) is 11.7 Å². The monoisotopic (exact) mass is 250 g/mol. The molecule has 1 aromatic rings. The zero-order valence-corrected chi connectivity index (χ0v) is 10.0. The average molecular weight is 250 g/mol. The van der Waals surface area contributed by atoms with Gasteiger partial charge >= 0.3 is 6.03 Å². The maximum atomic E-state index is 11.5. The maximum absolute atomic E-state index is 11.5. The summed E-state index contributed by atoms with van der Waals surface area (Å²) in [7, 11) is 0. The van der Waals surface area contributed by atoms with Crippen molar-refractivity contribution in [2.24, 2.45) is 5.73 Å². The third kappa shape index (κ3) is 3.92. The van der Waals surface area contributed by atoms with Gasteiger partial charge in [0.25, 0.3) is 0 Å². The van der Waals surface area contributed by atoms with Gasteiger partial charge in [0.2, 0.25) is 0 Å². The van der Waals surface area contributed by atoms with Crippen LogP contribution in [0.5, 0.6) is 0 Å². The molecule has 0 aromatic heterocycles. The summed E-state index contributed by atoms with van der Waals surface area (Å²) < 4.78 is 0. The van der Waals surface area contributed by atoms with Gasteiger partial charge in [-0.3, -0.25) is 0 Å². The Balaban J connectivity index is 1.94. The number of thiocarbonyl (C=S) groups is 1. The van der Waals surface area contributed by atoms with Crippen LogP contribution in [0.3, 0.4) is 0 Å². The van der Waals surface area contributed by atoms with Gasteiger partial charge in [0.1, 0.15) is 0 Å². The van der Waals surface area contributed by atoms with Gasteiger partial charge in [-0.05, 0) is 43.3 Å². The molecule has 1 fully saturated rings. The lowest BCUT2D eigenvalue weighted by molar-refractivity contribution is 0.251. The lowest BCUT2D eigenvalue weighted by Crippen LogP contribution is -2.30. The number of nitrogens with one attached hydrogen (secondary N) is 3. The quantitative estimate of drug-likeness (QED) is 0.615. The predicted octanol–water partition coefficient (Wildman–Crippen LogP) is 1.63. The van der Waals surface area contributed by atoms with Crippen LogP contribution in [0.15, 0.2) is 24.3 Å². The van der Waals surface area contributed by atoms with Gasteiger partial charge in [-0.15, -0.1) is 0 Å². The smallest absolute Gasteiger partial charge is 0.319 e. The molecule has 1 aromatic carbocycles. The molecule has 0 spiro atoms. The van der Waals surface area contributed by atoms with Crippen LogP contribution in [-0.2, 0) is 0 Å². The first kappa shape index (κ1) is 11.7. The van der Waals surface area contributed by atoms with E-state index < -0.39 is 0 Å². The highest BCUT2D eigenvalue weighted by Gasteiger charge is 2.23. The molecule has 0 radical (unpaired) electrons. The van der Waals surface area contributed by atoms with Crippen molar-refractivity contribution < 1.29 is 4.79 Å². The molecule has 0 unspecified atom stereocenters. The predicted molar refractivity (Wildman–Crippen MR) is 72.0 cm³/mol. The first-order chi connectivity index (χ1) is 8.13. The molecule has 2 rings (SSSR count). The fourth-order valence-corrected chi connectivity index (χ4v) is 1.52. The summed E-state index contributed by atoms with van der Waals surface area (Å²) in [5.41, 5.74) is 6.82. The molecule has 1 saturated carbocycles. The Morgan fingerprint density at radius 3 is 2.53 bits per heavy atom. The lowest BCUT2D eigenvalue weighted by Gasteiger charge is -2.09. The average Bonchev–Trinajstić information content (AvgIpc) is 3.00. The zero-order valence-electron chi connectivity index (χ0n) is 9.19. The van der Waals surface area contributed by atoms with Gasteiger partial charge in [0, 0.05) is 17.4 Å². The number of hydrogen-bond acceptors (Lipinski definition) is 2. The van der Waals surface area contributed by atoms with Crippen molar-refractivity contribution in [2.75, 3.05) is 10.6 Å². The molecule has 5 N–H and O–H groups in total. The van der Waals surface area contributed by atoms with E-state index in [2.05, 4.69) is 16.0 Å². The summed E-state index contributed by atoms with van der Waals surface area (Å²) in [6, 6.07) is 7.37. The van der Waals surface area contributed by atoms with E-state index in [-0.39, 0.29) is 11.1 Å². The highest BCUT2D eigenvalue weighted by molar-refractivity contribution is 7.80.